The molecule has 1 aliphatic heterocycles. The van der Waals surface area contributed by atoms with Crippen LogP contribution >= 0.6 is 0 Å². The lowest BCUT2D eigenvalue weighted by Gasteiger charge is -2.12. The molecule has 0 amide bonds. The summed E-state index contributed by atoms with van der Waals surface area (Å²) in [6, 6.07) is 4.09. The third-order valence-corrected chi connectivity index (χ3v) is 3.72. The van der Waals surface area contributed by atoms with E-state index in [1.54, 1.807) is 12.3 Å². The van der Waals surface area contributed by atoms with Gasteiger partial charge in [-0.15, -0.1) is 0 Å². The molecule has 0 bridgehead atoms. The number of H-pyrrole nitrogens is 1. The Kier molecular flexibility index (Phi) is 3.78. The van der Waals surface area contributed by atoms with Crippen molar-refractivity contribution in [2.75, 3.05) is 6.54 Å². The molecular weight excluding hydrogens is 260 g/mol. The smallest absolute Gasteiger partial charge is 0.159 e. The van der Waals surface area contributed by atoms with E-state index in [0.717, 1.165) is 24.9 Å². The van der Waals surface area contributed by atoms with Gasteiger partial charge in [0, 0.05) is 5.56 Å². The number of imidazole rings is 1. The summed E-state index contributed by atoms with van der Waals surface area (Å²) in [5, 5.41) is 3.46. The van der Waals surface area contributed by atoms with E-state index in [9.17, 15) is 8.78 Å². The molecule has 0 radical (unpaired) electrons. The van der Waals surface area contributed by atoms with Crippen LogP contribution in [0.2, 0.25) is 0 Å². The van der Waals surface area contributed by atoms with Crippen LogP contribution in [0.4, 0.5) is 8.78 Å². The van der Waals surface area contributed by atoms with Gasteiger partial charge in [-0.1, -0.05) is 12.8 Å². The summed E-state index contributed by atoms with van der Waals surface area (Å²) >= 11 is 0. The molecule has 0 spiro atoms. The van der Waals surface area contributed by atoms with Gasteiger partial charge in [-0.05, 0) is 37.6 Å². The number of nitrogens with one attached hydrogen (secondary N) is 2. The fraction of sp³-hybridized carbons (Fsp3) is 0.400. The molecule has 1 saturated heterocycles. The Balaban J connectivity index is 1.83. The molecule has 5 heteroatoms. The standard InChI is InChI=1S/C15H17F2N3/c16-11-6-5-10(8-12(11)17)14-9-19-15(20-14)13-4-2-1-3-7-18-13/h5-6,8-9,13,18H,1-4,7H2,(H,19,20). The zero-order valence-corrected chi connectivity index (χ0v) is 11.1. The Hall–Kier alpha value is -1.75. The van der Waals surface area contributed by atoms with Crippen molar-refractivity contribution in [3.8, 4) is 11.3 Å². The molecule has 2 aromatic rings. The Morgan fingerprint density at radius 1 is 1.10 bits per heavy atom. The summed E-state index contributed by atoms with van der Waals surface area (Å²) in [5.74, 6) is -0.809. The van der Waals surface area contributed by atoms with Crippen LogP contribution in [-0.2, 0) is 0 Å². The summed E-state index contributed by atoms with van der Waals surface area (Å²) in [6.45, 7) is 0.992. The number of halogens is 2. The highest BCUT2D eigenvalue weighted by Gasteiger charge is 2.17. The largest absolute Gasteiger partial charge is 0.341 e. The molecule has 2 heterocycles. The predicted octanol–water partition coefficient (Wildman–Crippen LogP) is 3.56. The fourth-order valence-corrected chi connectivity index (χ4v) is 2.59. The van der Waals surface area contributed by atoms with Crippen LogP contribution in [-0.4, -0.2) is 16.5 Å². The molecule has 3 nitrogen and oxygen atoms in total. The van der Waals surface area contributed by atoms with Crippen molar-refractivity contribution in [1.82, 2.24) is 15.3 Å². The molecule has 3 rings (SSSR count). The van der Waals surface area contributed by atoms with Gasteiger partial charge in [0.1, 0.15) is 5.82 Å². The molecule has 2 N–H and O–H groups in total. The van der Waals surface area contributed by atoms with E-state index < -0.39 is 11.6 Å². The molecule has 1 aromatic heterocycles. The van der Waals surface area contributed by atoms with Gasteiger partial charge in [0.2, 0.25) is 0 Å². The van der Waals surface area contributed by atoms with Crippen molar-refractivity contribution in [3.63, 3.8) is 0 Å². The molecule has 0 saturated carbocycles. The van der Waals surface area contributed by atoms with Gasteiger partial charge in [-0.25, -0.2) is 13.8 Å². The fourth-order valence-electron chi connectivity index (χ4n) is 2.59. The second-order valence-electron chi connectivity index (χ2n) is 5.17. The third-order valence-electron chi connectivity index (χ3n) is 3.72. The molecule has 1 fully saturated rings. The molecule has 0 aliphatic carbocycles. The lowest BCUT2D eigenvalue weighted by Crippen LogP contribution is -2.21. The molecule has 1 aromatic carbocycles. The van der Waals surface area contributed by atoms with Crippen molar-refractivity contribution in [1.29, 1.82) is 0 Å². The van der Waals surface area contributed by atoms with Crippen molar-refractivity contribution in [2.24, 2.45) is 0 Å². The van der Waals surface area contributed by atoms with Gasteiger partial charge >= 0.3 is 0 Å². The van der Waals surface area contributed by atoms with Crippen LogP contribution in [0.1, 0.15) is 37.5 Å². The van der Waals surface area contributed by atoms with E-state index in [1.165, 1.54) is 25.3 Å². The summed E-state index contributed by atoms with van der Waals surface area (Å²) in [5.41, 5.74) is 1.32. The SMILES string of the molecule is Fc1ccc(-c2cnc(C3CCCCCN3)[nH]2)cc1F. The van der Waals surface area contributed by atoms with Gasteiger partial charge in [-0.2, -0.15) is 0 Å². The predicted molar refractivity (Wildman–Crippen MR) is 73.2 cm³/mol. The van der Waals surface area contributed by atoms with Crippen LogP contribution in [0.3, 0.4) is 0 Å². The second-order valence-corrected chi connectivity index (χ2v) is 5.17. The molecule has 1 aliphatic rings. The first-order valence-electron chi connectivity index (χ1n) is 6.98. The summed E-state index contributed by atoms with van der Waals surface area (Å²) in [6.07, 6.45) is 6.33. The van der Waals surface area contributed by atoms with Crippen molar-refractivity contribution in [3.05, 3.63) is 41.9 Å². The maximum atomic E-state index is 13.3. The third kappa shape index (κ3) is 2.72. The Morgan fingerprint density at radius 3 is 2.85 bits per heavy atom. The van der Waals surface area contributed by atoms with Crippen LogP contribution in [0, 0.1) is 11.6 Å². The number of hydrogen-bond donors (Lipinski definition) is 2. The number of benzene rings is 1. The molecular formula is C15H17F2N3. The highest BCUT2D eigenvalue weighted by atomic mass is 19.2. The average molecular weight is 277 g/mol. The second kappa shape index (κ2) is 5.71. The first kappa shape index (κ1) is 13.2. The Morgan fingerprint density at radius 2 is 2.00 bits per heavy atom. The van der Waals surface area contributed by atoms with E-state index >= 15 is 0 Å². The monoisotopic (exact) mass is 277 g/mol. The van der Waals surface area contributed by atoms with Crippen molar-refractivity contribution in [2.45, 2.75) is 31.7 Å². The maximum Gasteiger partial charge on any atom is 0.159 e. The lowest BCUT2D eigenvalue weighted by atomic mass is 10.1. The lowest BCUT2D eigenvalue weighted by molar-refractivity contribution is 0.508. The van der Waals surface area contributed by atoms with E-state index in [-0.39, 0.29) is 6.04 Å². The quantitative estimate of drug-likeness (QED) is 0.881. The van der Waals surface area contributed by atoms with E-state index in [4.69, 9.17) is 0 Å². The number of aromatic nitrogens is 2. The molecule has 1 atom stereocenters. The van der Waals surface area contributed by atoms with Crippen LogP contribution in [0.5, 0.6) is 0 Å². The maximum absolute atomic E-state index is 13.3. The van der Waals surface area contributed by atoms with Gasteiger partial charge in [-0.3, -0.25) is 0 Å². The zero-order valence-electron chi connectivity index (χ0n) is 11.1. The van der Waals surface area contributed by atoms with Gasteiger partial charge < -0.3 is 10.3 Å². The number of aromatic amines is 1. The van der Waals surface area contributed by atoms with Gasteiger partial charge in [0.25, 0.3) is 0 Å². The number of hydrogen-bond acceptors (Lipinski definition) is 2. The minimum absolute atomic E-state index is 0.219. The normalized spacial score (nSPS) is 19.8. The van der Waals surface area contributed by atoms with Crippen LogP contribution < -0.4 is 5.32 Å². The number of nitrogens with zero attached hydrogens (tertiary/aromatic N) is 1. The van der Waals surface area contributed by atoms with Crippen molar-refractivity contribution < 1.29 is 8.78 Å². The molecule has 1 unspecified atom stereocenters. The highest BCUT2D eigenvalue weighted by Crippen LogP contribution is 2.24. The highest BCUT2D eigenvalue weighted by molar-refractivity contribution is 5.58. The minimum Gasteiger partial charge on any atom is -0.341 e. The molecule has 20 heavy (non-hydrogen) atoms. The van der Waals surface area contributed by atoms with Crippen LogP contribution in [0.25, 0.3) is 11.3 Å². The van der Waals surface area contributed by atoms with Gasteiger partial charge in [0.05, 0.1) is 17.9 Å². The zero-order chi connectivity index (χ0) is 13.9. The average Bonchev–Trinajstić information content (AvgIpc) is 2.78. The van der Waals surface area contributed by atoms with Gasteiger partial charge in [0.15, 0.2) is 11.6 Å². The minimum atomic E-state index is -0.841. The van der Waals surface area contributed by atoms with E-state index in [2.05, 4.69) is 15.3 Å². The van der Waals surface area contributed by atoms with Crippen molar-refractivity contribution >= 4 is 0 Å². The van der Waals surface area contributed by atoms with E-state index in [1.807, 2.05) is 0 Å². The summed E-state index contributed by atoms with van der Waals surface area (Å²) < 4.78 is 26.2. The first-order chi connectivity index (χ1) is 9.74. The Labute approximate surface area is 116 Å². The topological polar surface area (TPSA) is 40.7 Å². The Bertz CT molecular complexity index is 587. The molecule has 106 valence electrons. The summed E-state index contributed by atoms with van der Waals surface area (Å²) in [7, 11) is 0. The summed E-state index contributed by atoms with van der Waals surface area (Å²) in [4.78, 5) is 7.59. The first-order valence-corrected chi connectivity index (χ1v) is 6.98. The number of rotatable bonds is 2. The van der Waals surface area contributed by atoms with Crippen LogP contribution in [0.15, 0.2) is 24.4 Å². The van der Waals surface area contributed by atoms with E-state index in [0.29, 0.717) is 11.3 Å².